The van der Waals surface area contributed by atoms with Crippen LogP contribution in [0.25, 0.3) is 0 Å². The predicted octanol–water partition coefficient (Wildman–Crippen LogP) is 2.36. The molecule has 1 atom stereocenters. The van der Waals surface area contributed by atoms with Crippen LogP contribution in [0, 0.1) is 9.49 Å². The minimum Gasteiger partial charge on any atom is -0.345 e. The lowest BCUT2D eigenvalue weighted by Gasteiger charge is -2.11. The summed E-state index contributed by atoms with van der Waals surface area (Å²) < 4.78 is 0.933. The van der Waals surface area contributed by atoms with Crippen molar-refractivity contribution in [2.75, 3.05) is 18.9 Å². The lowest BCUT2D eigenvalue weighted by molar-refractivity contribution is -0.127. The molecule has 0 bridgehead atoms. The number of benzene rings is 1. The van der Waals surface area contributed by atoms with Crippen LogP contribution in [0.3, 0.4) is 0 Å². The predicted molar refractivity (Wildman–Crippen MR) is 78.5 cm³/mol. The number of halogens is 2. The molecule has 0 aliphatic carbocycles. The third-order valence-electron chi connectivity index (χ3n) is 2.90. The Kier molecular flexibility index (Phi) is 4.11. The molecule has 0 aromatic heterocycles. The number of carbonyl (C=O) groups excluding carboxylic acids is 2. The number of rotatable bonds is 2. The zero-order valence-electron chi connectivity index (χ0n) is 9.74. The zero-order valence-corrected chi connectivity index (χ0v) is 12.7. The van der Waals surface area contributed by atoms with Crippen LogP contribution in [-0.4, -0.2) is 30.3 Å². The highest BCUT2D eigenvalue weighted by Crippen LogP contribution is 2.24. The highest BCUT2D eigenvalue weighted by atomic mass is 127. The van der Waals surface area contributed by atoms with Gasteiger partial charge in [0.15, 0.2) is 0 Å². The van der Waals surface area contributed by atoms with Gasteiger partial charge in [-0.2, -0.15) is 0 Å². The van der Waals surface area contributed by atoms with Crippen molar-refractivity contribution in [1.29, 1.82) is 0 Å². The van der Waals surface area contributed by atoms with E-state index in [-0.39, 0.29) is 24.2 Å². The second-order valence-corrected chi connectivity index (χ2v) is 5.86. The summed E-state index contributed by atoms with van der Waals surface area (Å²) >= 11 is 8.10. The normalized spacial score (nSPS) is 19.2. The van der Waals surface area contributed by atoms with Crippen molar-refractivity contribution in [3.05, 3.63) is 26.8 Å². The Morgan fingerprint density at radius 3 is 2.83 bits per heavy atom. The summed E-state index contributed by atoms with van der Waals surface area (Å²) in [6, 6.07) is 5.35. The van der Waals surface area contributed by atoms with Crippen molar-refractivity contribution in [2.24, 2.45) is 5.92 Å². The summed E-state index contributed by atoms with van der Waals surface area (Å²) in [7, 11) is 1.71. The van der Waals surface area contributed by atoms with E-state index in [9.17, 15) is 9.59 Å². The Morgan fingerprint density at radius 1 is 1.56 bits per heavy atom. The van der Waals surface area contributed by atoms with E-state index in [1.54, 1.807) is 24.1 Å². The summed E-state index contributed by atoms with van der Waals surface area (Å²) in [6.45, 7) is 0.475. The Morgan fingerprint density at radius 2 is 2.28 bits per heavy atom. The first kappa shape index (κ1) is 13.6. The van der Waals surface area contributed by atoms with E-state index >= 15 is 0 Å². The molecule has 0 saturated carbocycles. The Balaban J connectivity index is 2.03. The zero-order chi connectivity index (χ0) is 13.3. The molecule has 1 aliphatic heterocycles. The van der Waals surface area contributed by atoms with Gasteiger partial charge in [0.2, 0.25) is 11.8 Å². The van der Waals surface area contributed by atoms with Gasteiger partial charge in [0.1, 0.15) is 0 Å². The van der Waals surface area contributed by atoms with Crippen molar-refractivity contribution >= 4 is 51.7 Å². The Labute approximate surface area is 124 Å². The van der Waals surface area contributed by atoms with Crippen LogP contribution >= 0.6 is 34.2 Å². The van der Waals surface area contributed by atoms with Gasteiger partial charge in [-0.15, -0.1) is 0 Å². The fourth-order valence-electron chi connectivity index (χ4n) is 1.86. The third kappa shape index (κ3) is 2.95. The number of nitrogens with zero attached hydrogens (tertiary/aromatic N) is 1. The van der Waals surface area contributed by atoms with Gasteiger partial charge in [-0.25, -0.2) is 0 Å². The summed E-state index contributed by atoms with van der Waals surface area (Å²) in [6.07, 6.45) is 0.278. The SMILES string of the molecule is CN1CC(C(=O)Nc2ccc(I)c(Cl)c2)CC1=O. The van der Waals surface area contributed by atoms with E-state index in [0.29, 0.717) is 17.3 Å². The third-order valence-corrected chi connectivity index (χ3v) is 4.47. The first-order valence-electron chi connectivity index (χ1n) is 5.47. The van der Waals surface area contributed by atoms with Gasteiger partial charge in [0.05, 0.1) is 10.9 Å². The lowest BCUT2D eigenvalue weighted by Crippen LogP contribution is -2.25. The van der Waals surface area contributed by atoms with Gasteiger partial charge in [0.25, 0.3) is 0 Å². The Hall–Kier alpha value is -0.820. The number of nitrogens with one attached hydrogen (secondary N) is 1. The monoisotopic (exact) mass is 378 g/mol. The van der Waals surface area contributed by atoms with Crippen molar-refractivity contribution < 1.29 is 9.59 Å². The van der Waals surface area contributed by atoms with Crippen molar-refractivity contribution in [3.63, 3.8) is 0 Å². The smallest absolute Gasteiger partial charge is 0.229 e. The van der Waals surface area contributed by atoms with Crippen LogP contribution in [0.4, 0.5) is 5.69 Å². The van der Waals surface area contributed by atoms with Crippen LogP contribution in [0.1, 0.15) is 6.42 Å². The largest absolute Gasteiger partial charge is 0.345 e. The van der Waals surface area contributed by atoms with Crippen LogP contribution in [0.15, 0.2) is 18.2 Å². The fraction of sp³-hybridized carbons (Fsp3) is 0.333. The lowest BCUT2D eigenvalue weighted by atomic mass is 10.1. The number of hydrogen-bond donors (Lipinski definition) is 1. The molecule has 1 aromatic rings. The maximum atomic E-state index is 12.0. The van der Waals surface area contributed by atoms with Crippen molar-refractivity contribution in [1.82, 2.24) is 4.90 Å². The molecule has 2 rings (SSSR count). The van der Waals surface area contributed by atoms with Gasteiger partial charge >= 0.3 is 0 Å². The van der Waals surface area contributed by atoms with E-state index in [0.717, 1.165) is 3.57 Å². The molecule has 1 unspecified atom stereocenters. The molecule has 0 radical (unpaired) electrons. The quantitative estimate of drug-likeness (QED) is 0.803. The van der Waals surface area contributed by atoms with Crippen LogP contribution in [0.2, 0.25) is 5.02 Å². The average Bonchev–Trinajstić information content (AvgIpc) is 2.65. The van der Waals surface area contributed by atoms with Gasteiger partial charge in [0, 0.05) is 29.3 Å². The molecule has 96 valence electrons. The summed E-state index contributed by atoms with van der Waals surface area (Å²) in [4.78, 5) is 24.9. The molecule has 4 nitrogen and oxygen atoms in total. The van der Waals surface area contributed by atoms with Crippen LogP contribution in [0.5, 0.6) is 0 Å². The second kappa shape index (κ2) is 5.44. The maximum absolute atomic E-state index is 12.0. The minimum absolute atomic E-state index is 0.00999. The molecule has 0 spiro atoms. The minimum atomic E-state index is -0.277. The molecule has 2 amide bonds. The van der Waals surface area contributed by atoms with E-state index < -0.39 is 0 Å². The van der Waals surface area contributed by atoms with Crippen molar-refractivity contribution in [3.8, 4) is 0 Å². The molecule has 18 heavy (non-hydrogen) atoms. The first-order chi connectivity index (χ1) is 8.47. The van der Waals surface area contributed by atoms with Crippen LogP contribution in [-0.2, 0) is 9.59 Å². The number of amides is 2. The van der Waals surface area contributed by atoms with Crippen molar-refractivity contribution in [2.45, 2.75) is 6.42 Å². The van der Waals surface area contributed by atoms with E-state index in [1.165, 1.54) is 0 Å². The summed E-state index contributed by atoms with van der Waals surface area (Å²) in [5, 5.41) is 3.39. The van der Waals surface area contributed by atoms with Gasteiger partial charge in [-0.1, -0.05) is 11.6 Å². The molecule has 1 heterocycles. The van der Waals surface area contributed by atoms with E-state index in [1.807, 2.05) is 6.07 Å². The second-order valence-electron chi connectivity index (χ2n) is 4.29. The van der Waals surface area contributed by atoms with Gasteiger partial charge in [-0.05, 0) is 40.8 Å². The summed E-state index contributed by atoms with van der Waals surface area (Å²) in [5.41, 5.74) is 0.660. The number of hydrogen-bond acceptors (Lipinski definition) is 2. The highest BCUT2D eigenvalue weighted by molar-refractivity contribution is 14.1. The molecular weight excluding hydrogens is 367 g/mol. The molecule has 1 aliphatic rings. The van der Waals surface area contributed by atoms with E-state index in [4.69, 9.17) is 11.6 Å². The summed E-state index contributed by atoms with van der Waals surface area (Å²) in [5.74, 6) is -0.402. The topological polar surface area (TPSA) is 49.4 Å². The molecule has 6 heteroatoms. The fourth-order valence-corrected chi connectivity index (χ4v) is 2.37. The highest BCUT2D eigenvalue weighted by Gasteiger charge is 2.32. The van der Waals surface area contributed by atoms with Gasteiger partial charge < -0.3 is 10.2 Å². The molecule has 1 fully saturated rings. The number of anilines is 1. The van der Waals surface area contributed by atoms with E-state index in [2.05, 4.69) is 27.9 Å². The average molecular weight is 379 g/mol. The molecular formula is C12H12ClIN2O2. The van der Waals surface area contributed by atoms with Crippen LogP contribution < -0.4 is 5.32 Å². The first-order valence-corrected chi connectivity index (χ1v) is 6.93. The Bertz CT molecular complexity index is 507. The molecule has 1 saturated heterocycles. The number of likely N-dealkylation sites (tertiary alicyclic amines) is 1. The molecule has 1 N–H and O–H groups in total. The maximum Gasteiger partial charge on any atom is 0.229 e. The standard InChI is InChI=1S/C12H12ClIN2O2/c1-16-6-7(4-11(16)17)12(18)15-8-2-3-10(14)9(13)5-8/h2-3,5,7H,4,6H2,1H3,(H,15,18). The number of carbonyl (C=O) groups is 2. The molecule has 1 aromatic carbocycles. The van der Waals surface area contributed by atoms with Gasteiger partial charge in [-0.3, -0.25) is 9.59 Å².